The minimum atomic E-state index is -0.324. The second-order valence-electron chi connectivity index (χ2n) is 5.10. The van der Waals surface area contributed by atoms with Crippen LogP contribution in [0.3, 0.4) is 0 Å². The van der Waals surface area contributed by atoms with Gasteiger partial charge < -0.3 is 10.0 Å². The SMILES string of the molecule is CN(C(=O)c1ccccc1C=O)C1CCCC(O)C1. The quantitative estimate of drug-likeness (QED) is 0.845. The molecule has 1 amide bonds. The summed E-state index contributed by atoms with van der Waals surface area (Å²) in [6.45, 7) is 0. The van der Waals surface area contributed by atoms with Crippen molar-refractivity contribution in [1.29, 1.82) is 0 Å². The van der Waals surface area contributed by atoms with Gasteiger partial charge in [0.25, 0.3) is 5.91 Å². The molecule has 1 aromatic carbocycles. The number of nitrogens with zero attached hydrogens (tertiary/aromatic N) is 1. The maximum atomic E-state index is 12.4. The van der Waals surface area contributed by atoms with E-state index in [-0.39, 0.29) is 18.1 Å². The van der Waals surface area contributed by atoms with E-state index in [1.165, 1.54) is 0 Å². The highest BCUT2D eigenvalue weighted by Crippen LogP contribution is 2.23. The van der Waals surface area contributed by atoms with Crippen LogP contribution in [0.1, 0.15) is 46.4 Å². The number of rotatable bonds is 3. The summed E-state index contributed by atoms with van der Waals surface area (Å²) in [7, 11) is 1.74. The minimum absolute atomic E-state index is 0.0518. The van der Waals surface area contributed by atoms with Crippen molar-refractivity contribution in [3.8, 4) is 0 Å². The molecule has 1 aromatic rings. The largest absolute Gasteiger partial charge is 0.393 e. The van der Waals surface area contributed by atoms with Gasteiger partial charge in [-0.3, -0.25) is 9.59 Å². The molecule has 1 aliphatic rings. The van der Waals surface area contributed by atoms with Crippen molar-refractivity contribution >= 4 is 12.2 Å². The van der Waals surface area contributed by atoms with Crippen LogP contribution in [-0.2, 0) is 0 Å². The first-order valence-corrected chi connectivity index (χ1v) is 6.63. The van der Waals surface area contributed by atoms with E-state index >= 15 is 0 Å². The Morgan fingerprint density at radius 2 is 2.11 bits per heavy atom. The summed E-state index contributed by atoms with van der Waals surface area (Å²) in [5.74, 6) is -0.151. The van der Waals surface area contributed by atoms with E-state index in [1.54, 1.807) is 36.2 Å². The number of carbonyl (C=O) groups is 2. The normalized spacial score (nSPS) is 22.8. The first-order valence-electron chi connectivity index (χ1n) is 6.63. The molecule has 2 atom stereocenters. The van der Waals surface area contributed by atoms with Gasteiger partial charge in [0.1, 0.15) is 0 Å². The number of aliphatic hydroxyl groups is 1. The fourth-order valence-corrected chi connectivity index (χ4v) is 2.64. The first kappa shape index (κ1) is 13.7. The molecule has 2 rings (SSSR count). The topological polar surface area (TPSA) is 57.6 Å². The second kappa shape index (κ2) is 5.97. The van der Waals surface area contributed by atoms with Crippen LogP contribution in [0.4, 0.5) is 0 Å². The van der Waals surface area contributed by atoms with Crippen LogP contribution in [0.25, 0.3) is 0 Å². The van der Waals surface area contributed by atoms with Crippen LogP contribution in [-0.4, -0.2) is 41.4 Å². The zero-order chi connectivity index (χ0) is 13.8. The Kier molecular flexibility index (Phi) is 4.32. The van der Waals surface area contributed by atoms with Gasteiger partial charge in [0, 0.05) is 18.7 Å². The molecule has 0 bridgehead atoms. The number of amides is 1. The van der Waals surface area contributed by atoms with Crippen LogP contribution in [0.15, 0.2) is 24.3 Å². The molecular formula is C15H19NO3. The number of aliphatic hydroxyl groups excluding tert-OH is 1. The number of carbonyl (C=O) groups excluding carboxylic acids is 2. The smallest absolute Gasteiger partial charge is 0.254 e. The molecule has 2 unspecified atom stereocenters. The lowest BCUT2D eigenvalue weighted by molar-refractivity contribution is 0.0520. The van der Waals surface area contributed by atoms with Crippen LogP contribution >= 0.6 is 0 Å². The Hall–Kier alpha value is -1.68. The van der Waals surface area contributed by atoms with Gasteiger partial charge in [-0.05, 0) is 31.7 Å². The van der Waals surface area contributed by atoms with Crippen molar-refractivity contribution in [1.82, 2.24) is 4.90 Å². The van der Waals surface area contributed by atoms with Gasteiger partial charge in [0.05, 0.1) is 11.7 Å². The van der Waals surface area contributed by atoms with Gasteiger partial charge in [-0.2, -0.15) is 0 Å². The molecule has 1 fully saturated rings. The Balaban J connectivity index is 2.16. The molecular weight excluding hydrogens is 242 g/mol. The molecule has 1 aliphatic carbocycles. The highest BCUT2D eigenvalue weighted by molar-refractivity contribution is 6.01. The number of benzene rings is 1. The van der Waals surface area contributed by atoms with Crippen LogP contribution < -0.4 is 0 Å². The van der Waals surface area contributed by atoms with Crippen LogP contribution in [0.5, 0.6) is 0 Å². The molecule has 0 saturated heterocycles. The monoisotopic (exact) mass is 261 g/mol. The Morgan fingerprint density at radius 1 is 1.37 bits per heavy atom. The predicted molar refractivity (Wildman–Crippen MR) is 72.2 cm³/mol. The van der Waals surface area contributed by atoms with E-state index in [2.05, 4.69) is 0 Å². The highest BCUT2D eigenvalue weighted by atomic mass is 16.3. The standard InChI is InChI=1S/C15H19NO3/c1-16(12-6-4-7-13(18)9-12)15(19)14-8-3-2-5-11(14)10-17/h2-3,5,8,10,12-13,18H,4,6-7,9H2,1H3. The molecule has 0 aromatic heterocycles. The average molecular weight is 261 g/mol. The summed E-state index contributed by atoms with van der Waals surface area (Å²) in [5, 5.41) is 9.69. The molecule has 4 nitrogen and oxygen atoms in total. The third kappa shape index (κ3) is 3.01. The molecule has 19 heavy (non-hydrogen) atoms. The maximum Gasteiger partial charge on any atom is 0.254 e. The molecule has 0 heterocycles. The van der Waals surface area contributed by atoms with E-state index in [9.17, 15) is 14.7 Å². The first-order chi connectivity index (χ1) is 9.13. The summed E-state index contributed by atoms with van der Waals surface area (Å²) in [4.78, 5) is 25.0. The van der Waals surface area contributed by atoms with Crippen molar-refractivity contribution < 1.29 is 14.7 Å². The lowest BCUT2D eigenvalue weighted by Gasteiger charge is -2.33. The predicted octanol–water partition coefficient (Wildman–Crippen LogP) is 1.87. The zero-order valence-electron chi connectivity index (χ0n) is 11.1. The van der Waals surface area contributed by atoms with E-state index in [4.69, 9.17) is 0 Å². The van der Waals surface area contributed by atoms with Crippen molar-refractivity contribution in [3.05, 3.63) is 35.4 Å². The third-order valence-corrected chi connectivity index (χ3v) is 3.81. The van der Waals surface area contributed by atoms with Gasteiger partial charge in [0.2, 0.25) is 0 Å². The lowest BCUT2D eigenvalue weighted by Crippen LogP contribution is -2.41. The number of aldehydes is 1. The van der Waals surface area contributed by atoms with Gasteiger partial charge in [-0.15, -0.1) is 0 Å². The van der Waals surface area contributed by atoms with E-state index in [0.717, 1.165) is 19.3 Å². The van der Waals surface area contributed by atoms with E-state index < -0.39 is 0 Å². The van der Waals surface area contributed by atoms with Crippen molar-refractivity contribution in [3.63, 3.8) is 0 Å². The number of hydrogen-bond acceptors (Lipinski definition) is 3. The van der Waals surface area contributed by atoms with Gasteiger partial charge in [-0.25, -0.2) is 0 Å². The fraction of sp³-hybridized carbons (Fsp3) is 0.467. The Labute approximate surface area is 113 Å². The summed E-state index contributed by atoms with van der Waals surface area (Å²) >= 11 is 0. The molecule has 102 valence electrons. The molecule has 1 N–H and O–H groups in total. The zero-order valence-corrected chi connectivity index (χ0v) is 11.1. The van der Waals surface area contributed by atoms with Crippen molar-refractivity contribution in [2.24, 2.45) is 0 Å². The molecule has 0 radical (unpaired) electrons. The Bertz CT molecular complexity index is 472. The lowest BCUT2D eigenvalue weighted by atomic mass is 9.91. The number of hydrogen-bond donors (Lipinski definition) is 1. The Morgan fingerprint density at radius 3 is 2.79 bits per heavy atom. The van der Waals surface area contributed by atoms with Crippen molar-refractivity contribution in [2.45, 2.75) is 37.8 Å². The summed E-state index contributed by atoms with van der Waals surface area (Å²) < 4.78 is 0. The van der Waals surface area contributed by atoms with E-state index in [0.29, 0.717) is 23.8 Å². The summed E-state index contributed by atoms with van der Waals surface area (Å²) in [6.07, 6.45) is 3.64. The van der Waals surface area contributed by atoms with Crippen LogP contribution in [0, 0.1) is 0 Å². The van der Waals surface area contributed by atoms with Crippen molar-refractivity contribution in [2.75, 3.05) is 7.05 Å². The molecule has 0 aliphatic heterocycles. The van der Waals surface area contributed by atoms with Gasteiger partial charge in [0.15, 0.2) is 6.29 Å². The van der Waals surface area contributed by atoms with E-state index in [1.807, 2.05) is 0 Å². The van der Waals surface area contributed by atoms with Crippen LogP contribution in [0.2, 0.25) is 0 Å². The average Bonchev–Trinajstić information content (AvgIpc) is 2.45. The van der Waals surface area contributed by atoms with Gasteiger partial charge >= 0.3 is 0 Å². The molecule has 1 saturated carbocycles. The second-order valence-corrected chi connectivity index (χ2v) is 5.10. The fourth-order valence-electron chi connectivity index (χ4n) is 2.64. The minimum Gasteiger partial charge on any atom is -0.393 e. The molecule has 4 heteroatoms. The molecule has 0 spiro atoms. The van der Waals surface area contributed by atoms with Gasteiger partial charge in [-0.1, -0.05) is 18.2 Å². The third-order valence-electron chi connectivity index (χ3n) is 3.81. The maximum absolute atomic E-state index is 12.4. The summed E-state index contributed by atoms with van der Waals surface area (Å²) in [5.41, 5.74) is 0.843. The summed E-state index contributed by atoms with van der Waals surface area (Å²) in [6, 6.07) is 6.86. The highest BCUT2D eigenvalue weighted by Gasteiger charge is 2.27.